The lowest BCUT2D eigenvalue weighted by Gasteiger charge is -2.40. The van der Waals surface area contributed by atoms with Crippen LogP contribution in [0.2, 0.25) is 5.15 Å². The molecule has 2 aromatic heterocycles. The molecule has 172 valence electrons. The van der Waals surface area contributed by atoms with Gasteiger partial charge >= 0.3 is 0 Å². The summed E-state index contributed by atoms with van der Waals surface area (Å²) in [4.78, 5) is 41.5. The van der Waals surface area contributed by atoms with Crippen molar-refractivity contribution in [3.05, 3.63) is 41.3 Å². The molecule has 0 bridgehead atoms. The highest BCUT2D eigenvalue weighted by molar-refractivity contribution is 7.99. The van der Waals surface area contributed by atoms with E-state index in [9.17, 15) is 9.59 Å². The van der Waals surface area contributed by atoms with Crippen LogP contribution in [0.3, 0.4) is 0 Å². The van der Waals surface area contributed by atoms with E-state index in [4.69, 9.17) is 11.6 Å². The first-order valence-corrected chi connectivity index (χ1v) is 12.2. The number of thioether (sulfide) groups is 1. The average Bonchev–Trinajstić information content (AvgIpc) is 2.80. The van der Waals surface area contributed by atoms with Crippen LogP contribution in [-0.2, 0) is 16.1 Å². The maximum atomic E-state index is 12.4. The minimum absolute atomic E-state index is 0.0944. The van der Waals surface area contributed by atoms with Crippen molar-refractivity contribution in [2.24, 2.45) is 0 Å². The Labute approximate surface area is 198 Å². The van der Waals surface area contributed by atoms with Gasteiger partial charge in [-0.1, -0.05) is 36.7 Å². The topological polar surface area (TPSA) is 91.3 Å². The van der Waals surface area contributed by atoms with Gasteiger partial charge in [0.05, 0.1) is 5.75 Å². The Morgan fingerprint density at radius 2 is 2.03 bits per heavy atom. The number of rotatable bonds is 9. The largest absolute Gasteiger partial charge is 0.353 e. The molecule has 1 atom stereocenters. The summed E-state index contributed by atoms with van der Waals surface area (Å²) in [7, 11) is 0. The number of amides is 2. The number of anilines is 1. The van der Waals surface area contributed by atoms with E-state index in [2.05, 4.69) is 39.0 Å². The second kappa shape index (κ2) is 12.0. The fraction of sp³-hybridized carbons (Fsp3) is 0.500. The van der Waals surface area contributed by atoms with Crippen LogP contribution in [0.5, 0.6) is 0 Å². The number of piperazine rings is 1. The van der Waals surface area contributed by atoms with E-state index < -0.39 is 0 Å². The van der Waals surface area contributed by atoms with E-state index in [0.717, 1.165) is 24.2 Å². The smallest absolute Gasteiger partial charge is 0.230 e. The lowest BCUT2D eigenvalue weighted by atomic mass is 10.1. The van der Waals surface area contributed by atoms with Gasteiger partial charge in [-0.2, -0.15) is 0 Å². The highest BCUT2D eigenvalue weighted by Crippen LogP contribution is 2.24. The monoisotopic (exact) mass is 476 g/mol. The van der Waals surface area contributed by atoms with Crippen LogP contribution >= 0.6 is 23.4 Å². The van der Waals surface area contributed by atoms with Gasteiger partial charge in [0, 0.05) is 57.1 Å². The molecule has 1 unspecified atom stereocenters. The zero-order valence-electron chi connectivity index (χ0n) is 18.5. The standard InChI is InChI=1S/C22H29ClN6O2S/c1-3-4-5-21(31)29-11-10-28(14-16(29)2)19-12-18(23)26-22(27-19)32-15-20(30)25-13-17-6-8-24-9-7-17/h6-9,12,16H,3-5,10-11,13-15H2,1-2H3,(H,25,30). The highest BCUT2D eigenvalue weighted by Gasteiger charge is 2.28. The minimum Gasteiger partial charge on any atom is -0.353 e. The van der Waals surface area contributed by atoms with Gasteiger partial charge in [0.15, 0.2) is 5.16 Å². The molecule has 1 fully saturated rings. The SMILES string of the molecule is CCCCC(=O)N1CCN(c2cc(Cl)nc(SCC(=O)NCc3ccncc3)n2)CC1C. The van der Waals surface area contributed by atoms with Crippen molar-refractivity contribution in [2.75, 3.05) is 30.3 Å². The van der Waals surface area contributed by atoms with Crippen LogP contribution in [0.15, 0.2) is 35.7 Å². The number of nitrogens with one attached hydrogen (secondary N) is 1. The first kappa shape index (κ1) is 24.3. The number of carbonyl (C=O) groups is 2. The fourth-order valence-corrected chi connectivity index (χ4v) is 4.41. The first-order chi connectivity index (χ1) is 15.5. The van der Waals surface area contributed by atoms with Gasteiger partial charge < -0.3 is 15.1 Å². The van der Waals surface area contributed by atoms with Crippen LogP contribution in [0, 0.1) is 0 Å². The molecule has 0 spiro atoms. The Hall–Kier alpha value is -2.39. The van der Waals surface area contributed by atoms with Crippen molar-refractivity contribution in [1.29, 1.82) is 0 Å². The van der Waals surface area contributed by atoms with Crippen molar-refractivity contribution in [1.82, 2.24) is 25.2 Å². The maximum absolute atomic E-state index is 12.4. The van der Waals surface area contributed by atoms with Gasteiger partial charge in [0.25, 0.3) is 0 Å². The van der Waals surface area contributed by atoms with Crippen molar-refractivity contribution in [3.8, 4) is 0 Å². The molecule has 0 saturated carbocycles. The van der Waals surface area contributed by atoms with Gasteiger partial charge in [0.2, 0.25) is 11.8 Å². The Balaban J connectivity index is 1.54. The summed E-state index contributed by atoms with van der Waals surface area (Å²) >= 11 is 7.49. The molecule has 32 heavy (non-hydrogen) atoms. The van der Waals surface area contributed by atoms with Crippen molar-refractivity contribution >= 4 is 41.0 Å². The Morgan fingerprint density at radius 3 is 2.75 bits per heavy atom. The number of unbranched alkanes of at least 4 members (excludes halogenated alkanes) is 1. The Morgan fingerprint density at radius 1 is 1.25 bits per heavy atom. The molecule has 8 nitrogen and oxygen atoms in total. The molecule has 3 heterocycles. The lowest BCUT2D eigenvalue weighted by Crippen LogP contribution is -2.54. The highest BCUT2D eigenvalue weighted by atomic mass is 35.5. The summed E-state index contributed by atoms with van der Waals surface area (Å²) in [6, 6.07) is 5.54. The Kier molecular flexibility index (Phi) is 9.11. The maximum Gasteiger partial charge on any atom is 0.230 e. The van der Waals surface area contributed by atoms with E-state index in [-0.39, 0.29) is 23.6 Å². The van der Waals surface area contributed by atoms with Crippen LogP contribution in [0.4, 0.5) is 5.82 Å². The van der Waals surface area contributed by atoms with E-state index in [1.54, 1.807) is 18.5 Å². The van der Waals surface area contributed by atoms with Gasteiger partial charge in [-0.15, -0.1) is 0 Å². The molecule has 1 aliphatic rings. The van der Waals surface area contributed by atoms with Gasteiger partial charge in [0.1, 0.15) is 11.0 Å². The van der Waals surface area contributed by atoms with Crippen LogP contribution in [0.1, 0.15) is 38.7 Å². The minimum atomic E-state index is -0.107. The summed E-state index contributed by atoms with van der Waals surface area (Å²) in [5.74, 6) is 1.02. The van der Waals surface area contributed by atoms with Crippen LogP contribution < -0.4 is 10.2 Å². The molecule has 1 aliphatic heterocycles. The normalized spacial score (nSPS) is 16.2. The van der Waals surface area contributed by atoms with Gasteiger partial charge in [-0.3, -0.25) is 14.6 Å². The summed E-state index contributed by atoms with van der Waals surface area (Å²) in [6.07, 6.45) is 5.93. The third-order valence-corrected chi connectivity index (χ3v) is 6.29. The molecule has 0 radical (unpaired) electrons. The summed E-state index contributed by atoms with van der Waals surface area (Å²) in [5.41, 5.74) is 0.987. The molecule has 1 saturated heterocycles. The third kappa shape index (κ3) is 7.06. The number of nitrogens with zero attached hydrogens (tertiary/aromatic N) is 5. The van der Waals surface area contributed by atoms with E-state index in [1.165, 1.54) is 11.8 Å². The molecular weight excluding hydrogens is 448 g/mol. The summed E-state index contributed by atoms with van der Waals surface area (Å²) in [5, 5.41) is 3.67. The summed E-state index contributed by atoms with van der Waals surface area (Å²) in [6.45, 7) is 6.62. The van der Waals surface area contributed by atoms with Gasteiger partial charge in [-0.25, -0.2) is 9.97 Å². The zero-order valence-corrected chi connectivity index (χ0v) is 20.0. The van der Waals surface area contributed by atoms with Gasteiger partial charge in [-0.05, 0) is 31.0 Å². The van der Waals surface area contributed by atoms with Crippen LogP contribution in [-0.4, -0.2) is 63.1 Å². The predicted molar refractivity (Wildman–Crippen MR) is 127 cm³/mol. The molecule has 0 aliphatic carbocycles. The second-order valence-corrected chi connectivity index (χ2v) is 9.07. The molecule has 3 rings (SSSR count). The first-order valence-electron chi connectivity index (χ1n) is 10.8. The van der Waals surface area contributed by atoms with Crippen molar-refractivity contribution in [2.45, 2.75) is 50.9 Å². The van der Waals surface area contributed by atoms with Crippen LogP contribution in [0.25, 0.3) is 0 Å². The number of carbonyl (C=O) groups excluding carboxylic acids is 2. The Bertz CT molecular complexity index is 917. The number of hydrogen-bond donors (Lipinski definition) is 1. The third-order valence-electron chi connectivity index (χ3n) is 5.25. The molecule has 2 amide bonds. The lowest BCUT2D eigenvalue weighted by molar-refractivity contribution is -0.133. The van der Waals surface area contributed by atoms with E-state index in [1.807, 2.05) is 17.0 Å². The quantitative estimate of drug-likeness (QED) is 0.337. The van der Waals surface area contributed by atoms with E-state index >= 15 is 0 Å². The van der Waals surface area contributed by atoms with Crippen molar-refractivity contribution < 1.29 is 9.59 Å². The number of pyridine rings is 1. The van der Waals surface area contributed by atoms with Crippen molar-refractivity contribution in [3.63, 3.8) is 0 Å². The summed E-state index contributed by atoms with van der Waals surface area (Å²) < 4.78 is 0. The molecule has 10 heteroatoms. The number of halogens is 1. The predicted octanol–water partition coefficient (Wildman–Crippen LogP) is 3.16. The zero-order chi connectivity index (χ0) is 22.9. The number of aromatic nitrogens is 3. The second-order valence-electron chi connectivity index (χ2n) is 7.74. The number of hydrogen-bond acceptors (Lipinski definition) is 7. The van der Waals surface area contributed by atoms with E-state index in [0.29, 0.717) is 42.9 Å². The molecule has 2 aromatic rings. The molecule has 0 aromatic carbocycles. The fourth-order valence-electron chi connectivity index (χ4n) is 3.50. The molecular formula is C22H29ClN6O2S. The average molecular weight is 477 g/mol. The molecule has 1 N–H and O–H groups in total.